The Kier molecular flexibility index (Phi) is 8.59. The molecule has 37 heavy (non-hydrogen) atoms. The van der Waals surface area contributed by atoms with Gasteiger partial charge in [-0.05, 0) is 24.3 Å². The first-order chi connectivity index (χ1) is 16.4. The molecule has 2 aromatic rings. The number of benzene rings is 2. The van der Waals surface area contributed by atoms with E-state index in [1.165, 1.54) is 0 Å². The molecule has 0 saturated carbocycles. The number of sulfone groups is 1. The fraction of sp³-hybridized carbons (Fsp3) is 0.250. The van der Waals surface area contributed by atoms with Crippen molar-refractivity contribution >= 4 is 50.3 Å². The van der Waals surface area contributed by atoms with Crippen LogP contribution in [0.3, 0.4) is 0 Å². The molecule has 0 aliphatic carbocycles. The molecule has 2 aromatic carbocycles. The molecule has 0 saturated heterocycles. The van der Waals surface area contributed by atoms with Crippen molar-refractivity contribution in [1.82, 2.24) is 0 Å². The summed E-state index contributed by atoms with van der Waals surface area (Å²) in [6.07, 6.45) is 0. The number of hydrogen-bond donors (Lipinski definition) is 4. The Morgan fingerprint density at radius 2 is 0.649 bits per heavy atom. The molecule has 0 fully saturated rings. The SMILES string of the molecule is O=S(=O)(O)Cc1cc(S(=O)(=O)c2cc(CS(=O)(=O)O)c(F)c(CS(=O)(=O)O)c2)cc(CS(=O)(=O)O)c1F. The summed E-state index contributed by atoms with van der Waals surface area (Å²) in [5.74, 6) is -9.52. The maximum Gasteiger partial charge on any atom is 0.269 e. The highest BCUT2D eigenvalue weighted by molar-refractivity contribution is 7.91. The summed E-state index contributed by atoms with van der Waals surface area (Å²) < 4.78 is 182. The quantitative estimate of drug-likeness (QED) is 0.204. The van der Waals surface area contributed by atoms with Crippen LogP contribution in [0.4, 0.5) is 8.78 Å². The van der Waals surface area contributed by atoms with E-state index in [0.29, 0.717) is 24.3 Å². The van der Waals surface area contributed by atoms with Gasteiger partial charge in [0.05, 0.1) is 9.79 Å². The Morgan fingerprint density at radius 1 is 0.459 bits per heavy atom. The maximum atomic E-state index is 14.7. The van der Waals surface area contributed by atoms with E-state index < -0.39 is 117 Å². The second-order valence-corrected chi connectivity index (χ2v) is 15.3. The van der Waals surface area contributed by atoms with Crippen molar-refractivity contribution < 1.29 is 69.1 Å². The molecule has 0 radical (unpaired) electrons. The monoisotopic (exact) mass is 630 g/mol. The molecule has 4 N–H and O–H groups in total. The standard InChI is InChI=1S/C16H16F2O14S5/c17-15-9(5-33(19,20)21)1-13(2-10(15)6-34(22,23)24)37(31,32)14-3-11(7-35(25,26)27)16(18)12(4-14)8-36(28,29)30/h1-4H,5-8H2,(H,19,20,21)(H,22,23,24)(H,25,26,27)(H,28,29,30). The van der Waals surface area contributed by atoms with Gasteiger partial charge in [-0.15, -0.1) is 0 Å². The maximum absolute atomic E-state index is 14.7. The Balaban J connectivity index is 2.92. The lowest BCUT2D eigenvalue weighted by molar-refractivity contribution is 0.475. The third-order valence-electron chi connectivity index (χ3n) is 4.37. The zero-order valence-electron chi connectivity index (χ0n) is 17.8. The fourth-order valence-corrected chi connectivity index (χ4v) is 6.96. The van der Waals surface area contributed by atoms with E-state index >= 15 is 0 Å². The van der Waals surface area contributed by atoms with E-state index in [4.69, 9.17) is 18.2 Å². The second kappa shape index (κ2) is 10.2. The molecule has 0 spiro atoms. The molecule has 0 aliphatic rings. The Labute approximate surface area is 209 Å². The number of rotatable bonds is 10. The van der Waals surface area contributed by atoms with Gasteiger partial charge >= 0.3 is 0 Å². The van der Waals surface area contributed by atoms with Crippen molar-refractivity contribution in [1.29, 1.82) is 0 Å². The first kappa shape index (κ1) is 31.1. The smallest absolute Gasteiger partial charge is 0.269 e. The van der Waals surface area contributed by atoms with E-state index in [2.05, 4.69) is 0 Å². The van der Waals surface area contributed by atoms with E-state index in [1.54, 1.807) is 0 Å². The van der Waals surface area contributed by atoms with Crippen molar-refractivity contribution in [2.75, 3.05) is 0 Å². The van der Waals surface area contributed by atoms with Gasteiger partial charge in [-0.2, -0.15) is 33.7 Å². The van der Waals surface area contributed by atoms with E-state index in [-0.39, 0.29) is 0 Å². The van der Waals surface area contributed by atoms with Crippen LogP contribution < -0.4 is 0 Å². The van der Waals surface area contributed by atoms with Gasteiger partial charge in [0, 0.05) is 22.3 Å². The van der Waals surface area contributed by atoms with Crippen molar-refractivity contribution in [2.45, 2.75) is 32.8 Å². The minimum absolute atomic E-state index is 0.334. The molecule has 0 aromatic heterocycles. The lowest BCUT2D eigenvalue weighted by Crippen LogP contribution is -2.14. The summed E-state index contributed by atoms with van der Waals surface area (Å²) in [5, 5.41) is 0. The van der Waals surface area contributed by atoms with Gasteiger partial charge in [0.2, 0.25) is 9.84 Å². The van der Waals surface area contributed by atoms with Crippen molar-refractivity contribution in [2.24, 2.45) is 0 Å². The highest BCUT2D eigenvalue weighted by atomic mass is 32.2. The van der Waals surface area contributed by atoms with Crippen LogP contribution in [0.1, 0.15) is 22.3 Å². The third-order valence-corrected chi connectivity index (χ3v) is 8.78. The Bertz CT molecular complexity index is 1560. The molecule has 208 valence electrons. The highest BCUT2D eigenvalue weighted by Crippen LogP contribution is 2.30. The summed E-state index contributed by atoms with van der Waals surface area (Å²) >= 11 is 0. The molecule has 0 bridgehead atoms. The van der Waals surface area contributed by atoms with Crippen LogP contribution in [0.5, 0.6) is 0 Å². The fourth-order valence-electron chi connectivity index (χ4n) is 3.09. The van der Waals surface area contributed by atoms with Crippen LogP contribution in [-0.4, -0.2) is 60.3 Å². The average Bonchev–Trinajstić information content (AvgIpc) is 2.63. The second-order valence-electron chi connectivity index (χ2n) is 7.52. The number of hydrogen-bond acceptors (Lipinski definition) is 10. The van der Waals surface area contributed by atoms with Crippen molar-refractivity contribution in [3.63, 3.8) is 0 Å². The summed E-state index contributed by atoms with van der Waals surface area (Å²) in [6, 6.07) is 1.33. The van der Waals surface area contributed by atoms with E-state index in [9.17, 15) is 50.9 Å². The number of halogens is 2. The van der Waals surface area contributed by atoms with Gasteiger partial charge in [0.25, 0.3) is 40.5 Å². The summed E-state index contributed by atoms with van der Waals surface area (Å²) in [7, 11) is -25.3. The lowest BCUT2D eigenvalue weighted by Gasteiger charge is -2.14. The predicted molar refractivity (Wildman–Crippen MR) is 119 cm³/mol. The Hall–Kier alpha value is -2.11. The first-order valence-corrected chi connectivity index (χ1v) is 17.0. The van der Waals surface area contributed by atoms with Gasteiger partial charge in [-0.3, -0.25) is 18.2 Å². The molecule has 0 amide bonds. The summed E-state index contributed by atoms with van der Waals surface area (Å²) in [6.45, 7) is 0. The minimum atomic E-state index is -5.12. The topological polar surface area (TPSA) is 252 Å². The van der Waals surface area contributed by atoms with Crippen LogP contribution in [0.2, 0.25) is 0 Å². The highest BCUT2D eigenvalue weighted by Gasteiger charge is 2.28. The predicted octanol–water partition coefficient (Wildman–Crippen LogP) is 0.349. The first-order valence-electron chi connectivity index (χ1n) is 9.06. The molecular weight excluding hydrogens is 614 g/mol. The lowest BCUT2D eigenvalue weighted by atomic mass is 10.1. The van der Waals surface area contributed by atoms with Gasteiger partial charge in [0.1, 0.15) is 34.6 Å². The molecule has 21 heteroatoms. The third kappa shape index (κ3) is 9.00. The molecule has 2 rings (SSSR count). The average molecular weight is 631 g/mol. The van der Waals surface area contributed by atoms with Crippen LogP contribution in [0.25, 0.3) is 0 Å². The van der Waals surface area contributed by atoms with Crippen molar-refractivity contribution in [3.05, 3.63) is 58.2 Å². The van der Waals surface area contributed by atoms with E-state index in [1.807, 2.05) is 0 Å². The largest absolute Gasteiger partial charge is 0.285 e. The zero-order valence-corrected chi connectivity index (χ0v) is 21.9. The summed E-state index contributed by atoms with van der Waals surface area (Å²) in [4.78, 5) is -2.21. The molecule has 0 aliphatic heterocycles. The van der Waals surface area contributed by atoms with Crippen molar-refractivity contribution in [3.8, 4) is 0 Å². The molecule has 0 unspecified atom stereocenters. The van der Waals surface area contributed by atoms with Gasteiger partial charge in [-0.25, -0.2) is 17.2 Å². The van der Waals surface area contributed by atoms with Gasteiger partial charge in [0.15, 0.2) is 0 Å². The zero-order chi connectivity index (χ0) is 28.8. The molecular formula is C16H16F2O14S5. The van der Waals surface area contributed by atoms with Gasteiger partial charge in [-0.1, -0.05) is 0 Å². The molecule has 14 nitrogen and oxygen atoms in total. The summed E-state index contributed by atoms with van der Waals surface area (Å²) in [5.41, 5.74) is -4.33. The minimum Gasteiger partial charge on any atom is -0.285 e. The van der Waals surface area contributed by atoms with E-state index in [0.717, 1.165) is 0 Å². The van der Waals surface area contributed by atoms with Crippen LogP contribution >= 0.6 is 0 Å². The van der Waals surface area contributed by atoms with Gasteiger partial charge < -0.3 is 0 Å². The van der Waals surface area contributed by atoms with Crippen LogP contribution in [0, 0.1) is 11.6 Å². The molecule has 0 heterocycles. The Morgan fingerprint density at radius 3 is 0.811 bits per heavy atom. The normalized spacial score (nSPS) is 13.6. The molecule has 0 atom stereocenters. The van der Waals surface area contributed by atoms with Crippen LogP contribution in [-0.2, 0) is 73.3 Å². The van der Waals surface area contributed by atoms with Crippen LogP contribution in [0.15, 0.2) is 34.1 Å².